The van der Waals surface area contributed by atoms with Gasteiger partial charge in [-0.05, 0) is 32.0 Å². The second-order valence-electron chi connectivity index (χ2n) is 11.5. The molecule has 0 spiro atoms. The fraction of sp³-hybridized carbons (Fsp3) is 0.714. The summed E-state index contributed by atoms with van der Waals surface area (Å²) in [4.78, 5) is 27.0. The van der Waals surface area contributed by atoms with Crippen LogP contribution in [0, 0.1) is 0 Å². The van der Waals surface area contributed by atoms with Gasteiger partial charge in [0.25, 0.3) is 5.91 Å². The fourth-order valence-electron chi connectivity index (χ4n) is 5.87. The number of carbonyl (C=O) groups is 2. The Kier molecular flexibility index (Phi) is 12.0. The third kappa shape index (κ3) is 7.81. The molecule has 0 radical (unpaired) electrons. The molecule has 0 aliphatic carbocycles. The van der Waals surface area contributed by atoms with Gasteiger partial charge in [-0.3, -0.25) is 9.69 Å². The van der Waals surface area contributed by atoms with Crippen LogP contribution in [0.4, 0.5) is 5.69 Å². The summed E-state index contributed by atoms with van der Waals surface area (Å²) in [5.41, 5.74) is -0.372. The minimum absolute atomic E-state index is 0.0752. The van der Waals surface area contributed by atoms with E-state index in [0.29, 0.717) is 6.54 Å². The van der Waals surface area contributed by atoms with Crippen LogP contribution in [0.25, 0.3) is 0 Å². The fourth-order valence-corrected chi connectivity index (χ4v) is 6.93. The van der Waals surface area contributed by atoms with Crippen LogP contribution < -0.4 is 15.4 Å². The number of ether oxygens (including phenoxy) is 4. The van der Waals surface area contributed by atoms with E-state index < -0.39 is 93.9 Å². The van der Waals surface area contributed by atoms with Gasteiger partial charge < -0.3 is 65.3 Å². The molecule has 11 atom stereocenters. The van der Waals surface area contributed by atoms with Crippen LogP contribution in [0.2, 0.25) is 0 Å². The quantitative estimate of drug-likeness (QED) is 0.104. The van der Waals surface area contributed by atoms with Crippen molar-refractivity contribution >= 4 is 27.4 Å². The molecule has 0 bridgehead atoms. The molecule has 3 saturated heterocycles. The molecule has 3 heterocycles. The molecule has 1 amide bonds. The molecule has 266 valence electrons. The molecule has 4 rings (SSSR count). The zero-order valence-corrected chi connectivity index (χ0v) is 26.8. The van der Waals surface area contributed by atoms with Gasteiger partial charge in [-0.25, -0.2) is 13.2 Å². The molecule has 11 unspecified atom stereocenters. The maximum Gasteiger partial charge on any atom is 0.335 e. The number of aliphatic hydroxyl groups excluding tert-OH is 6. The van der Waals surface area contributed by atoms with Crippen molar-refractivity contribution in [3.8, 4) is 5.75 Å². The van der Waals surface area contributed by atoms with Crippen LogP contribution in [0.5, 0.6) is 5.75 Å². The normalized spacial score (nSPS) is 35.0. The van der Waals surface area contributed by atoms with Crippen molar-refractivity contribution in [2.24, 2.45) is 0 Å². The minimum atomic E-state index is -4.12. The van der Waals surface area contributed by atoms with E-state index in [1.165, 1.54) is 14.0 Å². The maximum atomic E-state index is 13.3. The number of nitrogens with one attached hydrogen (secondary N) is 2. The first-order valence-corrected chi connectivity index (χ1v) is 16.8. The topological polar surface area (TPSA) is 274 Å². The number of anilines is 1. The largest absolute Gasteiger partial charge is 0.496 e. The lowest BCUT2D eigenvalue weighted by Crippen LogP contribution is -2.65. The van der Waals surface area contributed by atoms with Crippen molar-refractivity contribution in [2.45, 2.75) is 99.2 Å². The number of hydrogen-bond acceptors (Lipinski definition) is 16. The van der Waals surface area contributed by atoms with Crippen LogP contribution >= 0.6 is 0 Å². The summed E-state index contributed by atoms with van der Waals surface area (Å²) in [6, 6.07) is 2.35. The SMILES string of the molecule is CCN1CCCC1CNC(=O)c1cc(S(=O)(=O)CC)c(NC2OC(C(=O)O)C(O)C(O)C2OC2OC(O)C(O)C(O)C2O)cc1OC. The average Bonchev–Trinajstić information content (AvgIpc) is 3.51. The summed E-state index contributed by atoms with van der Waals surface area (Å²) in [5, 5.41) is 76.7. The molecule has 3 aliphatic rings. The Labute approximate surface area is 270 Å². The predicted molar refractivity (Wildman–Crippen MR) is 159 cm³/mol. The lowest BCUT2D eigenvalue weighted by molar-refractivity contribution is -0.364. The van der Waals surface area contributed by atoms with E-state index in [9.17, 15) is 53.8 Å². The first-order valence-electron chi connectivity index (χ1n) is 15.2. The number of methoxy groups -OCH3 is 1. The third-order valence-corrected chi connectivity index (χ3v) is 10.4. The smallest absolute Gasteiger partial charge is 0.335 e. The van der Waals surface area contributed by atoms with E-state index in [-0.39, 0.29) is 23.0 Å². The van der Waals surface area contributed by atoms with Crippen LogP contribution in [-0.4, -0.2) is 161 Å². The van der Waals surface area contributed by atoms with E-state index in [1.807, 2.05) is 6.92 Å². The van der Waals surface area contributed by atoms with Gasteiger partial charge in [0.15, 0.2) is 34.7 Å². The number of likely N-dealkylation sites (N-methyl/N-ethyl adjacent to an activating group) is 1. The maximum absolute atomic E-state index is 13.3. The number of carboxylic acids is 1. The number of aliphatic carboxylic acids is 1. The molecule has 19 heteroatoms. The molecular formula is C28H43N3O15S. The van der Waals surface area contributed by atoms with E-state index in [4.69, 9.17) is 18.9 Å². The number of carbonyl (C=O) groups excluding carboxylic acids is 1. The highest BCUT2D eigenvalue weighted by molar-refractivity contribution is 7.91. The number of benzene rings is 1. The molecule has 1 aromatic rings. The molecule has 3 fully saturated rings. The molecule has 1 aromatic carbocycles. The summed E-state index contributed by atoms with van der Waals surface area (Å²) in [6.07, 6.45) is -18.0. The Balaban J connectivity index is 1.70. The highest BCUT2D eigenvalue weighted by Crippen LogP contribution is 2.35. The van der Waals surface area contributed by atoms with Crippen molar-refractivity contribution < 1.29 is 72.7 Å². The molecule has 3 aliphatic heterocycles. The number of sulfone groups is 1. The Morgan fingerprint density at radius 2 is 1.70 bits per heavy atom. The van der Waals surface area contributed by atoms with E-state index in [0.717, 1.165) is 38.1 Å². The van der Waals surface area contributed by atoms with Crippen molar-refractivity contribution in [1.29, 1.82) is 0 Å². The van der Waals surface area contributed by atoms with Gasteiger partial charge in [0.05, 0.1) is 29.0 Å². The number of carboxylic acid groups (broad SMARTS) is 1. The number of amides is 1. The molecule has 47 heavy (non-hydrogen) atoms. The van der Waals surface area contributed by atoms with Crippen LogP contribution in [0.1, 0.15) is 37.0 Å². The van der Waals surface area contributed by atoms with Crippen molar-refractivity contribution in [3.05, 3.63) is 17.7 Å². The second kappa shape index (κ2) is 15.2. The second-order valence-corrected chi connectivity index (χ2v) is 13.7. The number of aliphatic hydroxyl groups is 6. The number of nitrogens with zero attached hydrogens (tertiary/aromatic N) is 1. The lowest BCUT2D eigenvalue weighted by atomic mass is 9.97. The molecular weight excluding hydrogens is 650 g/mol. The standard InChI is InChI=1S/C28H43N3O15S/c1-4-31-8-6-7-12(31)11-29-24(37)13-9-16(47(41,42)5-2)14(10-15(13)43-3)30-25-22(18(33)19(34)23(44-25)26(38)39)45-28-21(36)17(32)20(35)27(40)46-28/h9-10,12,17-23,25,27-28,30,32-36,40H,4-8,11H2,1-3H3,(H,29,37)(H,38,39). The molecule has 9 N–H and O–H groups in total. The van der Waals surface area contributed by atoms with Crippen molar-refractivity contribution in [2.75, 3.05) is 37.8 Å². The highest BCUT2D eigenvalue weighted by Gasteiger charge is 2.52. The monoisotopic (exact) mass is 693 g/mol. The molecule has 18 nitrogen and oxygen atoms in total. The first-order chi connectivity index (χ1) is 22.1. The molecule has 0 saturated carbocycles. The van der Waals surface area contributed by atoms with Crippen LogP contribution in [-0.2, 0) is 28.8 Å². The Morgan fingerprint density at radius 1 is 1.00 bits per heavy atom. The van der Waals surface area contributed by atoms with Crippen molar-refractivity contribution in [1.82, 2.24) is 10.2 Å². The van der Waals surface area contributed by atoms with Gasteiger partial charge in [-0.2, -0.15) is 0 Å². The van der Waals surface area contributed by atoms with E-state index >= 15 is 0 Å². The van der Waals surface area contributed by atoms with Gasteiger partial charge in [0, 0.05) is 18.7 Å². The summed E-state index contributed by atoms with van der Waals surface area (Å²) < 4.78 is 48.1. The average molecular weight is 694 g/mol. The van der Waals surface area contributed by atoms with E-state index in [1.54, 1.807) is 0 Å². The zero-order valence-electron chi connectivity index (χ0n) is 26.0. The predicted octanol–water partition coefficient (Wildman–Crippen LogP) is -3.21. The van der Waals surface area contributed by atoms with Gasteiger partial charge in [-0.15, -0.1) is 0 Å². The lowest BCUT2D eigenvalue weighted by Gasteiger charge is -2.45. The minimum Gasteiger partial charge on any atom is -0.496 e. The van der Waals surface area contributed by atoms with Crippen LogP contribution in [0.15, 0.2) is 17.0 Å². The Bertz CT molecular complexity index is 1380. The van der Waals surface area contributed by atoms with Gasteiger partial charge in [0.2, 0.25) is 0 Å². The summed E-state index contributed by atoms with van der Waals surface area (Å²) in [5.74, 6) is -2.80. The third-order valence-electron chi connectivity index (χ3n) is 8.63. The van der Waals surface area contributed by atoms with E-state index in [2.05, 4.69) is 15.5 Å². The first kappa shape index (κ1) is 37.1. The number of rotatable bonds is 12. The Morgan fingerprint density at radius 3 is 2.32 bits per heavy atom. The van der Waals surface area contributed by atoms with Crippen LogP contribution in [0.3, 0.4) is 0 Å². The van der Waals surface area contributed by atoms with Gasteiger partial charge in [-0.1, -0.05) is 13.8 Å². The van der Waals surface area contributed by atoms with Gasteiger partial charge >= 0.3 is 5.97 Å². The number of hydrogen-bond donors (Lipinski definition) is 9. The molecule has 0 aromatic heterocycles. The Hall–Kier alpha value is -2.69. The van der Waals surface area contributed by atoms with Crippen molar-refractivity contribution in [3.63, 3.8) is 0 Å². The summed E-state index contributed by atoms with van der Waals surface area (Å²) in [7, 11) is -2.88. The summed E-state index contributed by atoms with van der Waals surface area (Å²) in [6.45, 7) is 5.39. The highest BCUT2D eigenvalue weighted by atomic mass is 32.2. The number of likely N-dealkylation sites (tertiary alicyclic amines) is 1. The summed E-state index contributed by atoms with van der Waals surface area (Å²) >= 11 is 0. The van der Waals surface area contributed by atoms with Gasteiger partial charge in [0.1, 0.15) is 42.4 Å². The zero-order chi connectivity index (χ0) is 34.8.